The number of rotatable bonds is 7. The third-order valence-electron chi connectivity index (χ3n) is 5.66. The SMILES string of the molecule is CCOc1ccccc1OC1CCN(Cn2ncn(-c3ccc(C)cc3C)c2=S)CC1. The summed E-state index contributed by atoms with van der Waals surface area (Å²) in [6, 6.07) is 14.3. The van der Waals surface area contributed by atoms with Crippen LogP contribution in [0.2, 0.25) is 0 Å². The molecular formula is C24H30N4O2S. The second kappa shape index (κ2) is 9.66. The first kappa shape index (κ1) is 21.6. The highest BCUT2D eigenvalue weighted by atomic mass is 32.1. The van der Waals surface area contributed by atoms with Gasteiger partial charge in [-0.05, 0) is 69.6 Å². The zero-order valence-electron chi connectivity index (χ0n) is 18.5. The molecule has 1 aliphatic heterocycles. The van der Waals surface area contributed by atoms with E-state index in [-0.39, 0.29) is 6.10 Å². The van der Waals surface area contributed by atoms with E-state index in [0.29, 0.717) is 13.3 Å². The smallest absolute Gasteiger partial charge is 0.203 e. The first-order chi connectivity index (χ1) is 15.0. The first-order valence-corrected chi connectivity index (χ1v) is 11.3. The standard InChI is InChI=1S/C24H30N4O2S/c1-4-29-22-7-5-6-8-23(22)30-20-11-13-26(14-12-20)17-28-24(31)27(16-25-28)21-10-9-18(2)15-19(21)3/h5-10,15-16,20H,4,11-14,17H2,1-3H3. The van der Waals surface area contributed by atoms with Crippen LogP contribution in [0.5, 0.6) is 11.5 Å². The lowest BCUT2D eigenvalue weighted by atomic mass is 10.1. The minimum atomic E-state index is 0.193. The van der Waals surface area contributed by atoms with Crippen LogP contribution in [0, 0.1) is 18.6 Å². The van der Waals surface area contributed by atoms with Gasteiger partial charge in [0.25, 0.3) is 0 Å². The lowest BCUT2D eigenvalue weighted by Gasteiger charge is -2.32. The van der Waals surface area contributed by atoms with Gasteiger partial charge in [-0.3, -0.25) is 9.47 Å². The van der Waals surface area contributed by atoms with Gasteiger partial charge in [-0.2, -0.15) is 5.10 Å². The number of para-hydroxylation sites is 2. The van der Waals surface area contributed by atoms with E-state index >= 15 is 0 Å². The fourth-order valence-corrected chi connectivity index (χ4v) is 4.29. The molecule has 0 N–H and O–H groups in total. The van der Waals surface area contributed by atoms with E-state index in [9.17, 15) is 0 Å². The van der Waals surface area contributed by atoms with E-state index < -0.39 is 0 Å². The van der Waals surface area contributed by atoms with Crippen molar-refractivity contribution in [1.29, 1.82) is 0 Å². The van der Waals surface area contributed by atoms with Crippen LogP contribution in [0.15, 0.2) is 48.8 Å². The van der Waals surface area contributed by atoms with Crippen LogP contribution in [0.1, 0.15) is 30.9 Å². The van der Waals surface area contributed by atoms with Crippen molar-refractivity contribution in [2.75, 3.05) is 19.7 Å². The Balaban J connectivity index is 1.37. The lowest BCUT2D eigenvalue weighted by Crippen LogP contribution is -2.39. The molecule has 2 heterocycles. The molecule has 0 spiro atoms. The summed E-state index contributed by atoms with van der Waals surface area (Å²) in [4.78, 5) is 2.38. The summed E-state index contributed by atoms with van der Waals surface area (Å²) in [6.45, 7) is 9.41. The van der Waals surface area contributed by atoms with Gasteiger partial charge in [-0.25, -0.2) is 4.68 Å². The second-order valence-corrected chi connectivity index (χ2v) is 8.39. The summed E-state index contributed by atoms with van der Waals surface area (Å²) in [5.41, 5.74) is 3.52. The van der Waals surface area contributed by atoms with Gasteiger partial charge in [-0.1, -0.05) is 29.8 Å². The largest absolute Gasteiger partial charge is 0.490 e. The minimum Gasteiger partial charge on any atom is -0.490 e. The molecular weight excluding hydrogens is 408 g/mol. The van der Waals surface area contributed by atoms with Crippen molar-refractivity contribution in [3.05, 3.63) is 64.7 Å². The molecule has 1 saturated heterocycles. The van der Waals surface area contributed by atoms with E-state index in [0.717, 1.165) is 47.9 Å². The molecule has 31 heavy (non-hydrogen) atoms. The molecule has 0 atom stereocenters. The highest BCUT2D eigenvalue weighted by Crippen LogP contribution is 2.29. The number of likely N-dealkylation sites (tertiary alicyclic amines) is 1. The molecule has 1 fully saturated rings. The third kappa shape index (κ3) is 4.99. The molecule has 7 heteroatoms. The molecule has 2 aromatic carbocycles. The molecule has 0 amide bonds. The fraction of sp³-hybridized carbons (Fsp3) is 0.417. The average molecular weight is 439 g/mol. The molecule has 0 aliphatic carbocycles. The van der Waals surface area contributed by atoms with E-state index in [1.54, 1.807) is 0 Å². The molecule has 0 unspecified atom stereocenters. The number of aromatic nitrogens is 3. The lowest BCUT2D eigenvalue weighted by molar-refractivity contribution is 0.0778. The van der Waals surface area contributed by atoms with Gasteiger partial charge in [0.15, 0.2) is 11.5 Å². The predicted molar refractivity (Wildman–Crippen MR) is 125 cm³/mol. The fourth-order valence-electron chi connectivity index (χ4n) is 4.03. The van der Waals surface area contributed by atoms with Crippen molar-refractivity contribution in [3.8, 4) is 17.2 Å². The molecule has 0 radical (unpaired) electrons. The molecule has 164 valence electrons. The highest BCUT2D eigenvalue weighted by molar-refractivity contribution is 7.71. The number of piperidine rings is 1. The van der Waals surface area contributed by atoms with Crippen molar-refractivity contribution in [2.45, 2.75) is 46.4 Å². The van der Waals surface area contributed by atoms with Crippen LogP contribution >= 0.6 is 12.2 Å². The monoisotopic (exact) mass is 438 g/mol. The Morgan fingerprint density at radius 3 is 2.52 bits per heavy atom. The zero-order valence-corrected chi connectivity index (χ0v) is 19.3. The Morgan fingerprint density at radius 2 is 1.81 bits per heavy atom. The Kier molecular flexibility index (Phi) is 6.73. The maximum Gasteiger partial charge on any atom is 0.203 e. The van der Waals surface area contributed by atoms with Gasteiger partial charge >= 0.3 is 0 Å². The van der Waals surface area contributed by atoms with Crippen LogP contribution in [0.4, 0.5) is 0 Å². The highest BCUT2D eigenvalue weighted by Gasteiger charge is 2.22. The van der Waals surface area contributed by atoms with E-state index in [1.165, 1.54) is 11.1 Å². The zero-order chi connectivity index (χ0) is 21.8. The summed E-state index contributed by atoms with van der Waals surface area (Å²) in [5.74, 6) is 1.65. The topological polar surface area (TPSA) is 44.5 Å². The van der Waals surface area contributed by atoms with Crippen molar-refractivity contribution < 1.29 is 9.47 Å². The molecule has 1 aromatic heterocycles. The summed E-state index contributed by atoms with van der Waals surface area (Å²) in [6.07, 6.45) is 3.94. The maximum absolute atomic E-state index is 6.25. The van der Waals surface area contributed by atoms with Crippen molar-refractivity contribution in [2.24, 2.45) is 0 Å². The number of nitrogens with zero attached hydrogens (tertiary/aromatic N) is 4. The van der Waals surface area contributed by atoms with Gasteiger partial charge in [0, 0.05) is 13.1 Å². The van der Waals surface area contributed by atoms with E-state index in [2.05, 4.69) is 42.0 Å². The van der Waals surface area contributed by atoms with E-state index in [1.807, 2.05) is 46.8 Å². The van der Waals surface area contributed by atoms with Gasteiger partial charge in [0.2, 0.25) is 4.77 Å². The third-order valence-corrected chi connectivity index (χ3v) is 6.06. The van der Waals surface area contributed by atoms with Crippen LogP contribution < -0.4 is 9.47 Å². The van der Waals surface area contributed by atoms with Crippen LogP contribution in [0.3, 0.4) is 0 Å². The van der Waals surface area contributed by atoms with Gasteiger partial charge in [0.1, 0.15) is 12.4 Å². The van der Waals surface area contributed by atoms with E-state index in [4.69, 9.17) is 21.7 Å². The molecule has 3 aromatic rings. The molecule has 4 rings (SSSR count). The second-order valence-electron chi connectivity index (χ2n) is 8.03. The summed E-state index contributed by atoms with van der Waals surface area (Å²) < 4.78 is 16.5. The first-order valence-electron chi connectivity index (χ1n) is 10.9. The molecule has 0 saturated carbocycles. The van der Waals surface area contributed by atoms with Gasteiger partial charge in [-0.15, -0.1) is 0 Å². The summed E-state index contributed by atoms with van der Waals surface area (Å²) in [5, 5.41) is 4.55. The quantitative estimate of drug-likeness (QED) is 0.490. The number of hydrogen-bond donors (Lipinski definition) is 0. The molecule has 6 nitrogen and oxygen atoms in total. The summed E-state index contributed by atoms with van der Waals surface area (Å²) in [7, 11) is 0. The van der Waals surface area contributed by atoms with Crippen LogP contribution in [-0.2, 0) is 6.67 Å². The Hall–Kier alpha value is -2.64. The van der Waals surface area contributed by atoms with Gasteiger partial charge in [0.05, 0.1) is 19.0 Å². The minimum absolute atomic E-state index is 0.193. The van der Waals surface area contributed by atoms with Gasteiger partial charge < -0.3 is 9.47 Å². The average Bonchev–Trinajstić information content (AvgIpc) is 3.11. The number of benzene rings is 2. The Labute approximate surface area is 189 Å². The van der Waals surface area contributed by atoms with Crippen LogP contribution in [-0.4, -0.2) is 45.0 Å². The number of aryl methyl sites for hydroxylation is 2. The number of hydrogen-bond acceptors (Lipinski definition) is 5. The Morgan fingerprint density at radius 1 is 1.06 bits per heavy atom. The molecule has 1 aliphatic rings. The maximum atomic E-state index is 6.25. The van der Waals surface area contributed by atoms with Crippen molar-refractivity contribution >= 4 is 12.2 Å². The predicted octanol–water partition coefficient (Wildman–Crippen LogP) is 4.92. The van der Waals surface area contributed by atoms with Crippen molar-refractivity contribution in [3.63, 3.8) is 0 Å². The van der Waals surface area contributed by atoms with Crippen LogP contribution in [0.25, 0.3) is 5.69 Å². The summed E-state index contributed by atoms with van der Waals surface area (Å²) >= 11 is 5.72. The normalized spacial score (nSPS) is 15.2. The Bertz CT molecular complexity index is 1080. The van der Waals surface area contributed by atoms with Crippen molar-refractivity contribution in [1.82, 2.24) is 19.2 Å². The molecule has 0 bridgehead atoms. The number of ether oxygens (including phenoxy) is 2.